The fourth-order valence-electron chi connectivity index (χ4n) is 2.41. The van der Waals surface area contributed by atoms with E-state index in [4.69, 9.17) is 0 Å². The van der Waals surface area contributed by atoms with Crippen molar-refractivity contribution in [2.45, 2.75) is 52.0 Å². The molecule has 21 heavy (non-hydrogen) atoms. The van der Waals surface area contributed by atoms with Gasteiger partial charge in [0.15, 0.2) is 0 Å². The summed E-state index contributed by atoms with van der Waals surface area (Å²) in [5.41, 5.74) is 4.73. The Balaban J connectivity index is 2.03. The van der Waals surface area contributed by atoms with Crippen molar-refractivity contribution in [1.29, 1.82) is 0 Å². The molecule has 1 heterocycles. The van der Waals surface area contributed by atoms with Crippen LogP contribution in [0.15, 0.2) is 35.8 Å². The van der Waals surface area contributed by atoms with Crippen LogP contribution < -0.4 is 5.32 Å². The average molecular weight is 302 g/mol. The molecule has 3 heteroatoms. The van der Waals surface area contributed by atoms with Gasteiger partial charge in [-0.2, -0.15) is 0 Å². The lowest BCUT2D eigenvalue weighted by atomic mass is 9.92. The quantitative estimate of drug-likeness (QED) is 0.846. The monoisotopic (exact) mass is 302 g/mol. The molecule has 2 rings (SSSR count). The van der Waals surface area contributed by atoms with Crippen molar-refractivity contribution in [3.05, 3.63) is 52.0 Å². The van der Waals surface area contributed by atoms with E-state index in [1.54, 1.807) is 11.3 Å². The third kappa shape index (κ3) is 5.25. The summed E-state index contributed by atoms with van der Waals surface area (Å²) >= 11 is 1.78. The smallest absolute Gasteiger partial charge is 0.0797 e. The second-order valence-electron chi connectivity index (χ2n) is 6.64. The van der Waals surface area contributed by atoms with Gasteiger partial charge in [-0.05, 0) is 52.0 Å². The Bertz CT molecular complexity index is 540. The van der Waals surface area contributed by atoms with Crippen LogP contribution in [0.5, 0.6) is 0 Å². The molecule has 2 aromatic rings. The van der Waals surface area contributed by atoms with E-state index in [9.17, 15) is 0 Å². The standard InChI is InChI=1S/C18H26N2S/c1-14-17(21-13-19-14)11-10-16(12-20-18(2,3)4)15-8-6-5-7-9-15/h5-9,13,16,20H,10-12H2,1-4H3. The fourth-order valence-corrected chi connectivity index (χ4v) is 3.21. The largest absolute Gasteiger partial charge is 0.311 e. The Morgan fingerprint density at radius 2 is 1.90 bits per heavy atom. The van der Waals surface area contributed by atoms with Crippen LogP contribution in [0.3, 0.4) is 0 Å². The maximum atomic E-state index is 4.36. The molecule has 1 N–H and O–H groups in total. The Kier molecular flexibility index (Phi) is 5.54. The number of nitrogens with one attached hydrogen (secondary N) is 1. The zero-order valence-electron chi connectivity index (χ0n) is 13.5. The highest BCUT2D eigenvalue weighted by atomic mass is 32.1. The van der Waals surface area contributed by atoms with E-state index >= 15 is 0 Å². The lowest BCUT2D eigenvalue weighted by molar-refractivity contribution is 0.399. The molecule has 2 nitrogen and oxygen atoms in total. The molecular weight excluding hydrogens is 276 g/mol. The molecule has 0 spiro atoms. The average Bonchev–Trinajstić information content (AvgIpc) is 2.84. The molecule has 0 fully saturated rings. The normalized spacial score (nSPS) is 13.3. The second-order valence-corrected chi connectivity index (χ2v) is 7.58. The third-order valence-corrected chi connectivity index (χ3v) is 4.71. The first kappa shape index (κ1) is 16.2. The molecule has 1 unspecified atom stereocenters. The van der Waals surface area contributed by atoms with Crippen LogP contribution in [0.1, 0.15) is 49.2 Å². The molecule has 0 bridgehead atoms. The van der Waals surface area contributed by atoms with E-state index in [2.05, 4.69) is 68.3 Å². The Morgan fingerprint density at radius 1 is 1.19 bits per heavy atom. The SMILES string of the molecule is Cc1ncsc1CCC(CNC(C)(C)C)c1ccccc1. The van der Waals surface area contributed by atoms with Crippen molar-refractivity contribution in [3.63, 3.8) is 0 Å². The molecule has 1 aromatic carbocycles. The van der Waals surface area contributed by atoms with Crippen LogP contribution in [0.2, 0.25) is 0 Å². The van der Waals surface area contributed by atoms with Gasteiger partial charge in [0.25, 0.3) is 0 Å². The van der Waals surface area contributed by atoms with Crippen LogP contribution in [0, 0.1) is 6.92 Å². The predicted octanol–water partition coefficient (Wildman–Crippen LogP) is 4.56. The first-order valence-electron chi connectivity index (χ1n) is 7.64. The number of thiazole rings is 1. The summed E-state index contributed by atoms with van der Waals surface area (Å²) in [6.07, 6.45) is 2.28. The second kappa shape index (κ2) is 7.19. The summed E-state index contributed by atoms with van der Waals surface area (Å²) < 4.78 is 0. The molecule has 0 aliphatic heterocycles. The topological polar surface area (TPSA) is 24.9 Å². The lowest BCUT2D eigenvalue weighted by Gasteiger charge is -2.25. The molecule has 0 saturated heterocycles. The summed E-state index contributed by atoms with van der Waals surface area (Å²) in [4.78, 5) is 5.78. The van der Waals surface area contributed by atoms with Gasteiger partial charge in [0.2, 0.25) is 0 Å². The molecule has 0 aliphatic carbocycles. The summed E-state index contributed by atoms with van der Waals surface area (Å²) in [5.74, 6) is 0.548. The van der Waals surface area contributed by atoms with Crippen LogP contribution in [-0.4, -0.2) is 17.1 Å². The Hall–Kier alpha value is -1.19. The lowest BCUT2D eigenvalue weighted by Crippen LogP contribution is -2.38. The Labute approximate surface area is 132 Å². The van der Waals surface area contributed by atoms with Gasteiger partial charge in [0, 0.05) is 17.0 Å². The number of nitrogens with zero attached hydrogens (tertiary/aromatic N) is 1. The van der Waals surface area contributed by atoms with Crippen molar-refractivity contribution >= 4 is 11.3 Å². The summed E-state index contributed by atoms with van der Waals surface area (Å²) in [7, 11) is 0. The number of benzene rings is 1. The van der Waals surface area contributed by atoms with Crippen LogP contribution in [0.25, 0.3) is 0 Å². The minimum atomic E-state index is 0.160. The molecule has 114 valence electrons. The highest BCUT2D eigenvalue weighted by Gasteiger charge is 2.16. The molecule has 0 amide bonds. The van der Waals surface area contributed by atoms with Gasteiger partial charge in [0.05, 0.1) is 11.2 Å². The van der Waals surface area contributed by atoms with Gasteiger partial charge in [-0.3, -0.25) is 0 Å². The third-order valence-electron chi connectivity index (χ3n) is 3.71. The minimum Gasteiger partial charge on any atom is -0.311 e. The highest BCUT2D eigenvalue weighted by molar-refractivity contribution is 7.09. The first-order valence-corrected chi connectivity index (χ1v) is 8.52. The molecular formula is C18H26N2S. The van der Waals surface area contributed by atoms with Crippen molar-refractivity contribution in [2.75, 3.05) is 6.54 Å². The number of aromatic nitrogens is 1. The first-order chi connectivity index (χ1) is 9.96. The summed E-state index contributed by atoms with van der Waals surface area (Å²) in [6.45, 7) is 9.80. The van der Waals surface area contributed by atoms with Crippen LogP contribution in [-0.2, 0) is 6.42 Å². The number of hydrogen-bond acceptors (Lipinski definition) is 3. The van der Waals surface area contributed by atoms with E-state index in [1.165, 1.54) is 16.1 Å². The van der Waals surface area contributed by atoms with Gasteiger partial charge in [-0.25, -0.2) is 4.98 Å². The van der Waals surface area contributed by atoms with Crippen molar-refractivity contribution < 1.29 is 0 Å². The van der Waals surface area contributed by atoms with Crippen molar-refractivity contribution in [1.82, 2.24) is 10.3 Å². The highest BCUT2D eigenvalue weighted by Crippen LogP contribution is 2.24. The van der Waals surface area contributed by atoms with Crippen molar-refractivity contribution in [2.24, 2.45) is 0 Å². The predicted molar refractivity (Wildman–Crippen MR) is 92.1 cm³/mol. The van der Waals surface area contributed by atoms with Crippen molar-refractivity contribution in [3.8, 4) is 0 Å². The molecule has 1 aromatic heterocycles. The molecule has 0 saturated carbocycles. The van der Waals surface area contributed by atoms with E-state index in [-0.39, 0.29) is 5.54 Å². The number of aryl methyl sites for hydroxylation is 2. The number of hydrogen-bond donors (Lipinski definition) is 1. The minimum absolute atomic E-state index is 0.160. The summed E-state index contributed by atoms with van der Waals surface area (Å²) in [6, 6.07) is 10.9. The van der Waals surface area contributed by atoms with Gasteiger partial charge in [0.1, 0.15) is 0 Å². The molecule has 0 radical (unpaired) electrons. The maximum Gasteiger partial charge on any atom is 0.0797 e. The zero-order chi connectivity index (χ0) is 15.3. The Morgan fingerprint density at radius 3 is 2.48 bits per heavy atom. The van der Waals surface area contributed by atoms with Gasteiger partial charge in [-0.1, -0.05) is 30.3 Å². The van der Waals surface area contributed by atoms with E-state index in [1.807, 2.05) is 5.51 Å². The van der Waals surface area contributed by atoms with E-state index < -0.39 is 0 Å². The maximum absolute atomic E-state index is 4.36. The van der Waals surface area contributed by atoms with Gasteiger partial charge >= 0.3 is 0 Å². The van der Waals surface area contributed by atoms with Crippen LogP contribution >= 0.6 is 11.3 Å². The van der Waals surface area contributed by atoms with E-state index in [0.29, 0.717) is 5.92 Å². The van der Waals surface area contributed by atoms with Crippen LogP contribution in [0.4, 0.5) is 0 Å². The van der Waals surface area contributed by atoms with E-state index in [0.717, 1.165) is 19.4 Å². The molecule has 1 atom stereocenters. The van der Waals surface area contributed by atoms with Gasteiger partial charge in [-0.15, -0.1) is 11.3 Å². The van der Waals surface area contributed by atoms with Gasteiger partial charge < -0.3 is 5.32 Å². The molecule has 0 aliphatic rings. The fraction of sp³-hybridized carbons (Fsp3) is 0.500. The number of rotatable bonds is 6. The zero-order valence-corrected chi connectivity index (χ0v) is 14.3. The summed E-state index contributed by atoms with van der Waals surface area (Å²) in [5, 5.41) is 3.65.